The minimum atomic E-state index is -5.75. The first-order valence-corrected chi connectivity index (χ1v) is 11.9. The van der Waals surface area contributed by atoms with Crippen LogP contribution < -0.4 is 17.0 Å². The number of phosphoric ester groups is 1. The van der Waals surface area contributed by atoms with Crippen LogP contribution in [0.3, 0.4) is 0 Å². The first-order chi connectivity index (χ1) is 13.5. The van der Waals surface area contributed by atoms with Gasteiger partial charge in [-0.25, -0.2) is 18.5 Å². The van der Waals surface area contributed by atoms with E-state index in [9.17, 15) is 38.4 Å². The van der Waals surface area contributed by atoms with Gasteiger partial charge in [-0.05, 0) is 0 Å². The van der Waals surface area contributed by atoms with Crippen molar-refractivity contribution < 1.29 is 61.4 Å². The van der Waals surface area contributed by atoms with Gasteiger partial charge in [0.15, 0.2) is 6.23 Å². The number of aliphatic hydroxyl groups is 2. The zero-order chi connectivity index (χ0) is 23.1. The fourth-order valence-corrected chi connectivity index (χ4v) is 5.29. The third kappa shape index (κ3) is 6.38. The molecule has 0 spiro atoms. The van der Waals surface area contributed by atoms with Crippen molar-refractivity contribution in [2.75, 3.05) is 12.3 Å². The summed E-state index contributed by atoms with van der Waals surface area (Å²) in [4.78, 5) is 60.3. The molecule has 2 rings (SSSR count). The second-order valence-corrected chi connectivity index (χ2v) is 10.1. The van der Waals surface area contributed by atoms with Crippen LogP contribution in [-0.4, -0.2) is 64.3 Å². The third-order valence-corrected chi connectivity index (χ3v) is 7.23. The summed E-state index contributed by atoms with van der Waals surface area (Å²) < 4.78 is 50.5. The molecule has 6 atom stereocenters. The van der Waals surface area contributed by atoms with Crippen LogP contribution in [0, 0.1) is 0 Å². The lowest BCUT2D eigenvalue weighted by molar-refractivity contribution is -0.0541. The van der Waals surface area contributed by atoms with Crippen LogP contribution in [0.1, 0.15) is 6.23 Å². The van der Waals surface area contributed by atoms with Crippen LogP contribution in [0.5, 0.6) is 0 Å². The van der Waals surface area contributed by atoms with Crippen LogP contribution in [0.15, 0.2) is 15.8 Å². The molecule has 1 aliphatic heterocycles. The molecule has 30 heavy (non-hydrogen) atoms. The molecule has 0 aromatic carbocycles. The molecule has 2 unspecified atom stereocenters. The first-order valence-electron chi connectivity index (χ1n) is 7.42. The fraction of sp³-hybridized carbons (Fsp3) is 0.556. The number of phosphoric acid groups is 3. The molecule has 21 heteroatoms. The van der Waals surface area contributed by atoms with Crippen molar-refractivity contribution in [1.29, 1.82) is 0 Å². The Bertz CT molecular complexity index is 1050. The number of nitrogens with zero attached hydrogens (tertiary/aromatic N) is 1. The maximum atomic E-state index is 11.8. The predicted octanol–water partition coefficient (Wildman–Crippen LogP) is -2.92. The Morgan fingerprint density at radius 3 is 2.23 bits per heavy atom. The Morgan fingerprint density at radius 1 is 1.07 bits per heavy atom. The molecule has 2 heterocycles. The van der Waals surface area contributed by atoms with Crippen LogP contribution in [-0.2, 0) is 31.6 Å². The van der Waals surface area contributed by atoms with Gasteiger partial charge in [-0.15, -0.1) is 0 Å². The van der Waals surface area contributed by atoms with Gasteiger partial charge in [-0.1, -0.05) is 0 Å². The lowest BCUT2D eigenvalue weighted by Gasteiger charge is -2.19. The van der Waals surface area contributed by atoms with Gasteiger partial charge in [0.1, 0.15) is 24.0 Å². The summed E-state index contributed by atoms with van der Waals surface area (Å²) in [6.45, 7) is -1.08. The zero-order valence-electron chi connectivity index (χ0n) is 14.3. The highest BCUT2D eigenvalue weighted by atomic mass is 31.3. The Morgan fingerprint density at radius 2 is 1.67 bits per heavy atom. The molecule has 0 aliphatic carbocycles. The summed E-state index contributed by atoms with van der Waals surface area (Å²) in [7, 11) is -16.8. The Balaban J connectivity index is 2.09. The molecule has 172 valence electrons. The van der Waals surface area contributed by atoms with E-state index in [4.69, 9.17) is 25.2 Å². The van der Waals surface area contributed by atoms with Crippen molar-refractivity contribution >= 4 is 29.2 Å². The largest absolute Gasteiger partial charge is 0.490 e. The predicted molar refractivity (Wildman–Crippen MR) is 91.5 cm³/mol. The van der Waals surface area contributed by atoms with Crippen molar-refractivity contribution in [3.8, 4) is 0 Å². The summed E-state index contributed by atoms with van der Waals surface area (Å²) in [5.41, 5.74) is 2.93. The average Bonchev–Trinajstić information content (AvgIpc) is 2.81. The monoisotopic (exact) mass is 499 g/mol. The molecule has 1 saturated heterocycles. The third-order valence-electron chi connectivity index (χ3n) is 3.42. The smallest absolute Gasteiger partial charge is 0.393 e. The number of hydrogen-bond donors (Lipinski definition) is 8. The molecule has 0 amide bonds. The van der Waals surface area contributed by atoms with Crippen LogP contribution in [0.25, 0.3) is 0 Å². The Labute approximate surface area is 164 Å². The van der Waals surface area contributed by atoms with E-state index in [1.165, 1.54) is 0 Å². The number of aromatic nitrogens is 2. The summed E-state index contributed by atoms with van der Waals surface area (Å²) in [6, 6.07) is 0. The van der Waals surface area contributed by atoms with Crippen molar-refractivity contribution in [3.05, 3.63) is 27.0 Å². The number of H-pyrrole nitrogens is 1. The highest BCUT2D eigenvalue weighted by Crippen LogP contribution is 2.66. The van der Waals surface area contributed by atoms with Gasteiger partial charge in [-0.3, -0.25) is 18.9 Å². The number of nitrogens with one attached hydrogen (secondary N) is 1. The lowest BCUT2D eigenvalue weighted by atomic mass is 10.1. The summed E-state index contributed by atoms with van der Waals surface area (Å²) in [6.07, 6.45) is -6.08. The van der Waals surface area contributed by atoms with Crippen molar-refractivity contribution in [3.63, 3.8) is 0 Å². The quantitative estimate of drug-likeness (QED) is 0.166. The van der Waals surface area contributed by atoms with E-state index in [2.05, 4.69) is 13.1 Å². The molecule has 0 bridgehead atoms. The van der Waals surface area contributed by atoms with Crippen LogP contribution in [0.4, 0.5) is 5.69 Å². The second kappa shape index (κ2) is 8.72. The lowest BCUT2D eigenvalue weighted by Crippen LogP contribution is -2.38. The van der Waals surface area contributed by atoms with E-state index < -0.39 is 71.6 Å². The number of hydrogen-bond acceptors (Lipinski definition) is 12. The number of ether oxygens (including phenoxy) is 1. The molecule has 9 N–H and O–H groups in total. The summed E-state index contributed by atoms with van der Waals surface area (Å²) in [5, 5.41) is 20.0. The average molecular weight is 499 g/mol. The van der Waals surface area contributed by atoms with Gasteiger partial charge in [0, 0.05) is 6.20 Å². The van der Waals surface area contributed by atoms with E-state index >= 15 is 0 Å². The van der Waals surface area contributed by atoms with Gasteiger partial charge in [-0.2, -0.15) is 8.62 Å². The minimum Gasteiger partial charge on any atom is -0.393 e. The van der Waals surface area contributed by atoms with E-state index in [0.29, 0.717) is 4.57 Å². The van der Waals surface area contributed by atoms with Crippen molar-refractivity contribution in [2.24, 2.45) is 0 Å². The number of rotatable bonds is 8. The molecular formula is C9H16N3O15P3. The minimum absolute atomic E-state index is 0.434. The number of aromatic amines is 1. The molecule has 18 nitrogen and oxygen atoms in total. The Kier molecular flexibility index (Phi) is 7.28. The normalized spacial score (nSPS) is 28.7. The van der Waals surface area contributed by atoms with E-state index in [-0.39, 0.29) is 0 Å². The first kappa shape index (κ1) is 25.0. The Hall–Kier alpha value is -1.23. The van der Waals surface area contributed by atoms with Gasteiger partial charge < -0.3 is 40.3 Å². The number of nitrogen functional groups attached to an aromatic ring is 1. The molecule has 1 fully saturated rings. The van der Waals surface area contributed by atoms with E-state index in [0.717, 1.165) is 6.20 Å². The van der Waals surface area contributed by atoms with Crippen molar-refractivity contribution in [2.45, 2.75) is 24.5 Å². The second-order valence-electron chi connectivity index (χ2n) is 5.68. The maximum absolute atomic E-state index is 11.8. The van der Waals surface area contributed by atoms with E-state index in [1.54, 1.807) is 0 Å². The SMILES string of the molecule is Nc1cn([C@@H]2O[C@H](COP(=O)(O)OP(=O)(O)OP(=O)(O)O)[C@@H](O)[C@H]2O)c(=O)[nH]c1=O. The summed E-state index contributed by atoms with van der Waals surface area (Å²) >= 11 is 0. The topological polar surface area (TPSA) is 290 Å². The molecule has 1 aliphatic rings. The highest BCUT2D eigenvalue weighted by Gasteiger charge is 2.46. The zero-order valence-corrected chi connectivity index (χ0v) is 17.0. The van der Waals surface area contributed by atoms with Crippen LogP contribution in [0.2, 0.25) is 0 Å². The molecule has 1 aromatic rings. The van der Waals surface area contributed by atoms with Gasteiger partial charge in [0.25, 0.3) is 5.56 Å². The summed E-state index contributed by atoms with van der Waals surface area (Å²) in [5.74, 6) is 0. The van der Waals surface area contributed by atoms with E-state index in [1.807, 2.05) is 4.98 Å². The van der Waals surface area contributed by atoms with Gasteiger partial charge in [0.2, 0.25) is 0 Å². The highest BCUT2D eigenvalue weighted by molar-refractivity contribution is 7.66. The molecule has 0 radical (unpaired) electrons. The number of aliphatic hydroxyl groups excluding tert-OH is 2. The maximum Gasteiger partial charge on any atom is 0.490 e. The van der Waals surface area contributed by atoms with Crippen LogP contribution >= 0.6 is 23.5 Å². The molecular weight excluding hydrogens is 483 g/mol. The molecule has 0 saturated carbocycles. The standard InChI is InChI=1S/C9H16N3O15P3/c10-3-1-12(9(16)11-7(3)15)8-6(14)5(13)4(25-8)2-24-29(20,21)27-30(22,23)26-28(17,18)19/h1,4-6,8,13-14H,2,10H2,(H,20,21)(H,22,23)(H,11,15,16)(H2,17,18,19)/t4-,5-,6-,8-/m1/s1. The molecule has 1 aromatic heterocycles. The van der Waals surface area contributed by atoms with Gasteiger partial charge in [0.05, 0.1) is 6.61 Å². The number of nitrogens with two attached hydrogens (primary N) is 1. The number of anilines is 1. The van der Waals surface area contributed by atoms with Crippen molar-refractivity contribution in [1.82, 2.24) is 9.55 Å². The van der Waals surface area contributed by atoms with Gasteiger partial charge >= 0.3 is 29.2 Å². The fourth-order valence-electron chi connectivity index (χ4n) is 2.26.